The SMILES string of the molecule is COc1cc(NC(=O)C2CCN(S(=O)(=O)c3ccc4[nH]c(=O)ccc4c3)CC2)cc(OC)c1. The number of piperidine rings is 1. The van der Waals surface area contributed by atoms with Gasteiger partial charge in [-0.3, -0.25) is 9.59 Å². The first kappa shape index (κ1) is 22.8. The van der Waals surface area contributed by atoms with E-state index >= 15 is 0 Å². The minimum Gasteiger partial charge on any atom is -0.497 e. The van der Waals surface area contributed by atoms with Gasteiger partial charge in [-0.15, -0.1) is 0 Å². The summed E-state index contributed by atoms with van der Waals surface area (Å²) in [4.78, 5) is 27.1. The van der Waals surface area contributed by atoms with Gasteiger partial charge in [0.05, 0.1) is 19.1 Å². The van der Waals surface area contributed by atoms with Crippen molar-refractivity contribution in [1.29, 1.82) is 0 Å². The molecule has 0 radical (unpaired) electrons. The molecule has 2 aromatic carbocycles. The normalized spacial score (nSPS) is 15.3. The zero-order valence-electron chi connectivity index (χ0n) is 18.3. The van der Waals surface area contributed by atoms with Gasteiger partial charge in [-0.05, 0) is 42.5 Å². The number of sulfonamides is 1. The predicted octanol–water partition coefficient (Wildman–Crippen LogP) is 2.58. The monoisotopic (exact) mass is 471 g/mol. The van der Waals surface area contributed by atoms with Crippen molar-refractivity contribution in [2.75, 3.05) is 32.6 Å². The molecule has 9 nitrogen and oxygen atoms in total. The molecule has 1 fully saturated rings. The fourth-order valence-corrected chi connectivity index (χ4v) is 5.43. The summed E-state index contributed by atoms with van der Waals surface area (Å²) >= 11 is 0. The van der Waals surface area contributed by atoms with E-state index in [9.17, 15) is 18.0 Å². The van der Waals surface area contributed by atoms with Crippen LogP contribution in [0.25, 0.3) is 10.9 Å². The van der Waals surface area contributed by atoms with Gasteiger partial charge in [0.15, 0.2) is 0 Å². The van der Waals surface area contributed by atoms with E-state index in [4.69, 9.17) is 9.47 Å². The number of H-pyrrole nitrogens is 1. The van der Waals surface area contributed by atoms with E-state index in [0.717, 1.165) is 0 Å². The third kappa shape index (κ3) is 4.86. The number of carbonyl (C=O) groups is 1. The molecule has 4 rings (SSSR count). The Bertz CT molecular complexity index is 1320. The van der Waals surface area contributed by atoms with Crippen molar-refractivity contribution in [1.82, 2.24) is 9.29 Å². The number of ether oxygens (including phenoxy) is 2. The standard InChI is InChI=1S/C23H25N3O6S/c1-31-18-12-17(13-19(14-18)32-2)24-23(28)15-7-9-26(10-8-15)33(29,30)20-4-5-21-16(11-20)3-6-22(27)25-21/h3-6,11-15H,7-10H2,1-2H3,(H,24,28)(H,25,27). The average Bonchev–Trinajstić information content (AvgIpc) is 2.83. The van der Waals surface area contributed by atoms with E-state index in [1.807, 2.05) is 0 Å². The van der Waals surface area contributed by atoms with Gasteiger partial charge in [0.2, 0.25) is 21.5 Å². The van der Waals surface area contributed by atoms with Gasteiger partial charge in [0.1, 0.15) is 11.5 Å². The molecule has 10 heteroatoms. The topological polar surface area (TPSA) is 118 Å². The highest BCUT2D eigenvalue weighted by Crippen LogP contribution is 2.29. The quantitative estimate of drug-likeness (QED) is 0.571. The molecule has 1 amide bonds. The maximum absolute atomic E-state index is 13.1. The average molecular weight is 472 g/mol. The van der Waals surface area contributed by atoms with Gasteiger partial charge >= 0.3 is 0 Å². The van der Waals surface area contributed by atoms with Crippen LogP contribution in [-0.4, -0.2) is 50.9 Å². The van der Waals surface area contributed by atoms with Crippen LogP contribution in [0.2, 0.25) is 0 Å². The number of carbonyl (C=O) groups excluding carboxylic acids is 1. The van der Waals surface area contributed by atoms with Crippen LogP contribution < -0.4 is 20.3 Å². The number of pyridine rings is 1. The summed E-state index contributed by atoms with van der Waals surface area (Å²) in [5.41, 5.74) is 0.886. The Labute approximate surface area is 191 Å². The molecular weight excluding hydrogens is 446 g/mol. The summed E-state index contributed by atoms with van der Waals surface area (Å²) in [5, 5.41) is 3.51. The van der Waals surface area contributed by atoms with Crippen LogP contribution in [0.15, 0.2) is 58.2 Å². The molecule has 0 saturated carbocycles. The second-order valence-corrected chi connectivity index (χ2v) is 9.78. The maximum Gasteiger partial charge on any atom is 0.248 e. The first-order valence-corrected chi connectivity index (χ1v) is 11.9. The molecular formula is C23H25N3O6S. The lowest BCUT2D eigenvalue weighted by atomic mass is 9.97. The van der Waals surface area contributed by atoms with Crippen LogP contribution in [-0.2, 0) is 14.8 Å². The first-order valence-electron chi connectivity index (χ1n) is 10.5. The number of nitrogens with zero attached hydrogens (tertiary/aromatic N) is 1. The summed E-state index contributed by atoms with van der Waals surface area (Å²) in [6.07, 6.45) is 0.820. The van der Waals surface area contributed by atoms with Crippen LogP contribution in [0, 0.1) is 5.92 Å². The highest BCUT2D eigenvalue weighted by molar-refractivity contribution is 7.89. The van der Waals surface area contributed by atoms with E-state index in [1.165, 1.54) is 30.7 Å². The largest absolute Gasteiger partial charge is 0.497 e. The Morgan fingerprint density at radius 1 is 1.00 bits per heavy atom. The molecule has 1 saturated heterocycles. The van der Waals surface area contributed by atoms with Crippen molar-refractivity contribution >= 4 is 32.5 Å². The number of hydrogen-bond donors (Lipinski definition) is 2. The van der Waals surface area contributed by atoms with Crippen molar-refractivity contribution in [2.45, 2.75) is 17.7 Å². The summed E-state index contributed by atoms with van der Waals surface area (Å²) in [6.45, 7) is 0.483. The molecule has 1 aliphatic heterocycles. The zero-order valence-corrected chi connectivity index (χ0v) is 19.1. The second kappa shape index (κ2) is 9.24. The number of benzene rings is 2. The lowest BCUT2D eigenvalue weighted by Crippen LogP contribution is -2.41. The molecule has 0 aliphatic carbocycles. The van der Waals surface area contributed by atoms with E-state index in [0.29, 0.717) is 40.9 Å². The smallest absolute Gasteiger partial charge is 0.248 e. The predicted molar refractivity (Wildman–Crippen MR) is 124 cm³/mol. The van der Waals surface area contributed by atoms with Crippen LogP contribution in [0.3, 0.4) is 0 Å². The highest BCUT2D eigenvalue weighted by atomic mass is 32.2. The molecule has 0 atom stereocenters. The molecule has 174 valence electrons. The van der Waals surface area contributed by atoms with Crippen molar-refractivity contribution in [3.8, 4) is 11.5 Å². The molecule has 0 bridgehead atoms. The molecule has 1 aromatic heterocycles. The Kier molecular flexibility index (Phi) is 6.39. The third-order valence-corrected chi connectivity index (χ3v) is 7.67. The number of amides is 1. The van der Waals surface area contributed by atoms with Gasteiger partial charge in [0.25, 0.3) is 0 Å². The van der Waals surface area contributed by atoms with E-state index in [1.54, 1.807) is 36.4 Å². The number of anilines is 1. The van der Waals surface area contributed by atoms with E-state index < -0.39 is 10.0 Å². The van der Waals surface area contributed by atoms with Gasteiger partial charge in [-0.25, -0.2) is 8.42 Å². The Balaban J connectivity index is 1.43. The molecule has 3 aromatic rings. The summed E-state index contributed by atoms with van der Waals surface area (Å²) < 4.78 is 38.1. The molecule has 0 spiro atoms. The molecule has 0 unspecified atom stereocenters. The molecule has 33 heavy (non-hydrogen) atoms. The van der Waals surface area contributed by atoms with Gasteiger partial charge in [-0.1, -0.05) is 0 Å². The van der Waals surface area contributed by atoms with Gasteiger partial charge in [0, 0.05) is 54.5 Å². The second-order valence-electron chi connectivity index (χ2n) is 7.84. The van der Waals surface area contributed by atoms with Crippen molar-refractivity contribution < 1.29 is 22.7 Å². The Hall–Kier alpha value is -3.37. The number of aromatic nitrogens is 1. The van der Waals surface area contributed by atoms with Crippen LogP contribution in [0.4, 0.5) is 5.69 Å². The lowest BCUT2D eigenvalue weighted by Gasteiger charge is -2.30. The Morgan fingerprint density at radius 3 is 2.30 bits per heavy atom. The molecule has 2 heterocycles. The van der Waals surface area contributed by atoms with Crippen molar-refractivity contribution in [2.24, 2.45) is 5.92 Å². The Morgan fingerprint density at radius 2 is 1.67 bits per heavy atom. The number of aromatic amines is 1. The number of fused-ring (bicyclic) bond motifs is 1. The molecule has 2 N–H and O–H groups in total. The summed E-state index contributed by atoms with van der Waals surface area (Å²) in [5.74, 6) is 0.641. The van der Waals surface area contributed by atoms with Gasteiger partial charge in [-0.2, -0.15) is 4.31 Å². The van der Waals surface area contributed by atoms with E-state index in [-0.39, 0.29) is 35.4 Å². The third-order valence-electron chi connectivity index (χ3n) is 5.78. The van der Waals surface area contributed by atoms with Gasteiger partial charge < -0.3 is 19.8 Å². The van der Waals surface area contributed by atoms with Crippen LogP contribution in [0.5, 0.6) is 11.5 Å². The number of nitrogens with one attached hydrogen (secondary N) is 2. The highest BCUT2D eigenvalue weighted by Gasteiger charge is 2.32. The fraction of sp³-hybridized carbons (Fsp3) is 0.304. The number of rotatable bonds is 6. The first-order chi connectivity index (χ1) is 15.8. The van der Waals surface area contributed by atoms with Crippen LogP contribution in [0.1, 0.15) is 12.8 Å². The number of methoxy groups -OCH3 is 2. The molecule has 1 aliphatic rings. The maximum atomic E-state index is 13.1. The fourth-order valence-electron chi connectivity index (χ4n) is 3.92. The minimum atomic E-state index is -3.71. The van der Waals surface area contributed by atoms with Crippen molar-refractivity contribution in [3.05, 3.63) is 58.9 Å². The van der Waals surface area contributed by atoms with Crippen molar-refractivity contribution in [3.63, 3.8) is 0 Å². The minimum absolute atomic E-state index is 0.161. The summed E-state index contributed by atoms with van der Waals surface area (Å²) in [7, 11) is -0.647. The van der Waals surface area contributed by atoms with E-state index in [2.05, 4.69) is 10.3 Å². The lowest BCUT2D eigenvalue weighted by molar-refractivity contribution is -0.120. The summed E-state index contributed by atoms with van der Waals surface area (Å²) in [6, 6.07) is 12.7. The zero-order chi connectivity index (χ0) is 23.6. The number of hydrogen-bond acceptors (Lipinski definition) is 6. The van der Waals surface area contributed by atoms with Crippen LogP contribution >= 0.6 is 0 Å².